The summed E-state index contributed by atoms with van der Waals surface area (Å²) in [5.41, 5.74) is 15.4. The summed E-state index contributed by atoms with van der Waals surface area (Å²) in [5.74, 6) is 0. The van der Waals surface area contributed by atoms with E-state index in [-0.39, 0.29) is 0 Å². The number of nitrogens with zero attached hydrogens (tertiary/aromatic N) is 2. The zero-order valence-corrected chi connectivity index (χ0v) is 35.4. The number of anilines is 3. The molecule has 0 spiro atoms. The van der Waals surface area contributed by atoms with E-state index in [4.69, 9.17) is 4.42 Å². The van der Waals surface area contributed by atoms with Crippen molar-refractivity contribution in [3.05, 3.63) is 243 Å². The van der Waals surface area contributed by atoms with Gasteiger partial charge in [-0.05, 0) is 111 Å². The summed E-state index contributed by atoms with van der Waals surface area (Å²) in [4.78, 5) is 2.42. The molecule has 0 saturated carbocycles. The van der Waals surface area contributed by atoms with Crippen molar-refractivity contribution in [2.45, 2.75) is 0 Å². The average Bonchev–Trinajstić information content (AvgIpc) is 3.91. The van der Waals surface area contributed by atoms with Crippen LogP contribution in [0.2, 0.25) is 0 Å². The molecule has 2 heterocycles. The number of rotatable bonds is 7. The van der Waals surface area contributed by atoms with Crippen LogP contribution in [0.1, 0.15) is 0 Å². The Balaban J connectivity index is 1.00. The van der Waals surface area contributed by atoms with Gasteiger partial charge in [0.05, 0.1) is 22.4 Å². The molecule has 65 heavy (non-hydrogen) atoms. The first kappa shape index (κ1) is 36.9. The Morgan fingerprint density at radius 3 is 1.71 bits per heavy atom. The molecule has 13 aromatic rings. The fraction of sp³-hybridized carbons (Fsp3) is 0. The van der Waals surface area contributed by atoms with Crippen molar-refractivity contribution < 1.29 is 4.42 Å². The van der Waals surface area contributed by atoms with Gasteiger partial charge >= 0.3 is 0 Å². The predicted octanol–water partition coefficient (Wildman–Crippen LogP) is 17.5. The van der Waals surface area contributed by atoms with E-state index < -0.39 is 0 Å². The smallest absolute Gasteiger partial charge is 0.136 e. The van der Waals surface area contributed by atoms with Crippen molar-refractivity contribution in [3.8, 4) is 39.1 Å². The third kappa shape index (κ3) is 6.05. The summed E-state index contributed by atoms with van der Waals surface area (Å²) in [7, 11) is 0. The van der Waals surface area contributed by atoms with Crippen LogP contribution in [0.4, 0.5) is 17.1 Å². The van der Waals surface area contributed by atoms with Crippen LogP contribution in [0.5, 0.6) is 0 Å². The molecule has 0 unspecified atom stereocenters. The van der Waals surface area contributed by atoms with Crippen LogP contribution >= 0.6 is 0 Å². The molecule has 0 saturated heterocycles. The van der Waals surface area contributed by atoms with Gasteiger partial charge in [-0.3, -0.25) is 0 Å². The normalized spacial score (nSPS) is 11.7. The quantitative estimate of drug-likeness (QED) is 0.160. The predicted molar refractivity (Wildman–Crippen MR) is 274 cm³/mol. The van der Waals surface area contributed by atoms with E-state index in [1.54, 1.807) is 0 Å². The zero-order valence-electron chi connectivity index (χ0n) is 35.4. The van der Waals surface area contributed by atoms with E-state index in [1.807, 2.05) is 0 Å². The van der Waals surface area contributed by atoms with Gasteiger partial charge in [0.1, 0.15) is 11.2 Å². The Bertz CT molecular complexity index is 3910. The molecular weight excluding hydrogens is 789 g/mol. The Kier molecular flexibility index (Phi) is 8.53. The Labute approximate surface area is 376 Å². The van der Waals surface area contributed by atoms with Crippen LogP contribution in [0.15, 0.2) is 247 Å². The second kappa shape index (κ2) is 15.0. The van der Waals surface area contributed by atoms with E-state index in [9.17, 15) is 0 Å². The molecule has 0 fully saturated rings. The zero-order chi connectivity index (χ0) is 42.8. The van der Waals surface area contributed by atoms with E-state index >= 15 is 0 Å². The summed E-state index contributed by atoms with van der Waals surface area (Å²) in [5, 5.41) is 9.54. The number of para-hydroxylation sites is 4. The topological polar surface area (TPSA) is 21.3 Å². The first-order chi connectivity index (χ1) is 32.2. The van der Waals surface area contributed by atoms with Gasteiger partial charge in [0.25, 0.3) is 0 Å². The molecule has 13 rings (SSSR count). The fourth-order valence-electron chi connectivity index (χ4n) is 10.2. The second-order valence-electron chi connectivity index (χ2n) is 16.8. The van der Waals surface area contributed by atoms with Crippen LogP contribution in [0.3, 0.4) is 0 Å². The number of aromatic nitrogens is 1. The monoisotopic (exact) mass is 828 g/mol. The highest BCUT2D eigenvalue weighted by atomic mass is 16.3. The van der Waals surface area contributed by atoms with Gasteiger partial charge in [-0.1, -0.05) is 176 Å². The number of hydrogen-bond donors (Lipinski definition) is 0. The first-order valence-corrected chi connectivity index (χ1v) is 22.2. The summed E-state index contributed by atoms with van der Waals surface area (Å²) in [6.07, 6.45) is 0. The lowest BCUT2D eigenvalue weighted by Gasteiger charge is -2.29. The lowest BCUT2D eigenvalue weighted by atomic mass is 9.95. The average molecular weight is 829 g/mol. The van der Waals surface area contributed by atoms with Crippen LogP contribution < -0.4 is 4.90 Å². The van der Waals surface area contributed by atoms with Gasteiger partial charge in [0, 0.05) is 44.0 Å². The molecular formula is C62H40N2O. The van der Waals surface area contributed by atoms with E-state index in [0.29, 0.717) is 0 Å². The highest BCUT2D eigenvalue weighted by Gasteiger charge is 2.22. The van der Waals surface area contributed by atoms with Crippen molar-refractivity contribution in [3.63, 3.8) is 0 Å². The minimum atomic E-state index is 0.873. The van der Waals surface area contributed by atoms with Gasteiger partial charge < -0.3 is 13.9 Å². The minimum absolute atomic E-state index is 0.873. The third-order valence-corrected chi connectivity index (χ3v) is 13.2. The molecule has 0 amide bonds. The Morgan fingerprint density at radius 2 is 0.908 bits per heavy atom. The molecule has 3 heteroatoms. The number of furan rings is 1. The number of fused-ring (bicyclic) bond motifs is 8. The number of hydrogen-bond acceptors (Lipinski definition) is 2. The lowest BCUT2D eigenvalue weighted by Crippen LogP contribution is -2.11. The highest BCUT2D eigenvalue weighted by molar-refractivity contribution is 6.17. The lowest BCUT2D eigenvalue weighted by molar-refractivity contribution is 0.669. The maximum Gasteiger partial charge on any atom is 0.136 e. The molecule has 0 N–H and O–H groups in total. The van der Waals surface area contributed by atoms with E-state index in [0.717, 1.165) is 66.9 Å². The largest absolute Gasteiger partial charge is 0.456 e. The molecule has 0 bridgehead atoms. The Hall–Kier alpha value is -8.66. The summed E-state index contributed by atoms with van der Waals surface area (Å²) in [6.45, 7) is 0. The fourth-order valence-corrected chi connectivity index (χ4v) is 10.2. The second-order valence-corrected chi connectivity index (χ2v) is 16.8. The molecule has 0 aliphatic carbocycles. The maximum absolute atomic E-state index is 6.62. The van der Waals surface area contributed by atoms with Crippen LogP contribution in [0, 0.1) is 0 Å². The van der Waals surface area contributed by atoms with E-state index in [2.05, 4.69) is 252 Å². The standard InChI is InChI=1S/C62H40N2O/c1-2-18-44-40-61-55(39-43(44)17-1)62-54(28-15-33-60(62)65-61)53-26-8-10-30-57(53)63(47-21-13-20-45(38-47)49-27-14-19-41-16-3-4-22-48(41)49)46-36-34-42(35-37-46)50-23-5-9-29-56(50)64-58-31-11-6-24-51(58)52-25-7-12-32-59(52)64/h1-40H. The van der Waals surface area contributed by atoms with Gasteiger partial charge in [0.15, 0.2) is 0 Å². The number of benzene rings is 11. The molecule has 0 aliphatic rings. The molecule has 0 aliphatic heterocycles. The minimum Gasteiger partial charge on any atom is -0.456 e. The van der Waals surface area contributed by atoms with Gasteiger partial charge in [0.2, 0.25) is 0 Å². The van der Waals surface area contributed by atoms with Crippen molar-refractivity contribution in [2.24, 2.45) is 0 Å². The summed E-state index contributed by atoms with van der Waals surface area (Å²) in [6, 6.07) is 87.8. The van der Waals surface area contributed by atoms with E-state index in [1.165, 1.54) is 54.5 Å². The summed E-state index contributed by atoms with van der Waals surface area (Å²) >= 11 is 0. The highest BCUT2D eigenvalue weighted by Crippen LogP contribution is 2.47. The van der Waals surface area contributed by atoms with Crippen LogP contribution in [-0.4, -0.2) is 4.57 Å². The third-order valence-electron chi connectivity index (χ3n) is 13.2. The molecule has 304 valence electrons. The molecule has 2 aromatic heterocycles. The molecule has 0 atom stereocenters. The first-order valence-electron chi connectivity index (χ1n) is 22.2. The Morgan fingerprint density at radius 1 is 0.323 bits per heavy atom. The summed E-state index contributed by atoms with van der Waals surface area (Å²) < 4.78 is 9.03. The molecule has 3 nitrogen and oxygen atoms in total. The van der Waals surface area contributed by atoms with Crippen LogP contribution in [-0.2, 0) is 0 Å². The molecule has 11 aromatic carbocycles. The van der Waals surface area contributed by atoms with Gasteiger partial charge in [-0.2, -0.15) is 0 Å². The molecule has 0 radical (unpaired) electrons. The van der Waals surface area contributed by atoms with Gasteiger partial charge in [-0.25, -0.2) is 0 Å². The SMILES string of the molecule is c1cc(-c2cccc3ccccc23)cc(N(c2ccc(-c3ccccc3-n3c4ccccc4c4ccccc43)cc2)c2ccccc2-c2cccc3oc4cc5ccccc5cc4c23)c1. The maximum atomic E-state index is 6.62. The van der Waals surface area contributed by atoms with Crippen molar-refractivity contribution >= 4 is 82.4 Å². The van der Waals surface area contributed by atoms with Crippen molar-refractivity contribution in [2.75, 3.05) is 4.90 Å². The van der Waals surface area contributed by atoms with Crippen LogP contribution in [0.25, 0.3) is 104 Å². The van der Waals surface area contributed by atoms with Gasteiger partial charge in [-0.15, -0.1) is 0 Å². The van der Waals surface area contributed by atoms with Crippen molar-refractivity contribution in [1.82, 2.24) is 4.57 Å². The van der Waals surface area contributed by atoms with Crippen molar-refractivity contribution in [1.29, 1.82) is 0 Å².